The zero-order valence-corrected chi connectivity index (χ0v) is 15.4. The van der Waals surface area contributed by atoms with Gasteiger partial charge in [0.2, 0.25) is 11.8 Å². The molecule has 0 fully saturated rings. The highest BCUT2D eigenvalue weighted by atomic mass is 16.5. The Morgan fingerprint density at radius 3 is 2.41 bits per heavy atom. The average Bonchev–Trinajstić information content (AvgIpc) is 2.62. The van der Waals surface area contributed by atoms with Crippen LogP contribution in [0.25, 0.3) is 0 Å². The molecule has 0 atom stereocenters. The quantitative estimate of drug-likeness (QED) is 0.694. The van der Waals surface area contributed by atoms with E-state index in [0.717, 1.165) is 0 Å². The standard InChI is InChI=1S/C20H22N2O5/c1-12(2)19(24)22-16-9-8-14(11-17(16)27-3)21-18(23)10-13-6-4-5-7-15(13)20(25)26/h4-9,11-12H,10H2,1-3H3,(H,21,23)(H,22,24)(H,25,26). The van der Waals surface area contributed by atoms with Crippen molar-refractivity contribution in [2.45, 2.75) is 20.3 Å². The number of rotatable bonds is 7. The van der Waals surface area contributed by atoms with Crippen molar-refractivity contribution in [3.8, 4) is 5.75 Å². The van der Waals surface area contributed by atoms with Gasteiger partial charge in [0.25, 0.3) is 0 Å². The van der Waals surface area contributed by atoms with Crippen LogP contribution in [0.15, 0.2) is 42.5 Å². The van der Waals surface area contributed by atoms with Crippen LogP contribution in [0.2, 0.25) is 0 Å². The van der Waals surface area contributed by atoms with E-state index in [1.807, 2.05) is 0 Å². The molecule has 2 aromatic rings. The molecule has 0 spiro atoms. The Morgan fingerprint density at radius 1 is 1.07 bits per heavy atom. The lowest BCUT2D eigenvalue weighted by atomic mass is 10.0. The number of methoxy groups -OCH3 is 1. The molecule has 0 aliphatic heterocycles. The summed E-state index contributed by atoms with van der Waals surface area (Å²) in [5.41, 5.74) is 1.50. The molecule has 7 nitrogen and oxygen atoms in total. The minimum Gasteiger partial charge on any atom is -0.494 e. The zero-order valence-electron chi connectivity index (χ0n) is 15.4. The van der Waals surface area contributed by atoms with Gasteiger partial charge in [-0.05, 0) is 23.8 Å². The zero-order chi connectivity index (χ0) is 20.0. The van der Waals surface area contributed by atoms with E-state index in [0.29, 0.717) is 22.7 Å². The summed E-state index contributed by atoms with van der Waals surface area (Å²) >= 11 is 0. The molecule has 0 saturated carbocycles. The van der Waals surface area contributed by atoms with E-state index < -0.39 is 5.97 Å². The third-order valence-electron chi connectivity index (χ3n) is 3.87. The van der Waals surface area contributed by atoms with Gasteiger partial charge in [-0.3, -0.25) is 9.59 Å². The van der Waals surface area contributed by atoms with Gasteiger partial charge < -0.3 is 20.5 Å². The minimum absolute atomic E-state index is 0.0728. The maximum absolute atomic E-state index is 12.3. The van der Waals surface area contributed by atoms with Crippen molar-refractivity contribution < 1.29 is 24.2 Å². The predicted molar refractivity (Wildman–Crippen MR) is 102 cm³/mol. The van der Waals surface area contributed by atoms with Crippen LogP contribution in [-0.4, -0.2) is 30.0 Å². The third kappa shape index (κ3) is 5.31. The lowest BCUT2D eigenvalue weighted by molar-refractivity contribution is -0.119. The molecule has 0 aliphatic rings. The van der Waals surface area contributed by atoms with Gasteiger partial charge in [-0.15, -0.1) is 0 Å². The SMILES string of the molecule is COc1cc(NC(=O)Cc2ccccc2C(=O)O)ccc1NC(=O)C(C)C. The average molecular weight is 370 g/mol. The van der Waals surface area contributed by atoms with Crippen LogP contribution in [0.3, 0.4) is 0 Å². The van der Waals surface area contributed by atoms with Gasteiger partial charge in [0.05, 0.1) is 24.8 Å². The first-order valence-electron chi connectivity index (χ1n) is 8.41. The van der Waals surface area contributed by atoms with Crippen LogP contribution in [0.1, 0.15) is 29.8 Å². The summed E-state index contributed by atoms with van der Waals surface area (Å²) in [7, 11) is 1.47. The first kappa shape index (κ1) is 20.0. The summed E-state index contributed by atoms with van der Waals surface area (Å²) < 4.78 is 5.27. The van der Waals surface area contributed by atoms with Crippen molar-refractivity contribution in [3.05, 3.63) is 53.6 Å². The lowest BCUT2D eigenvalue weighted by Crippen LogP contribution is -2.19. The van der Waals surface area contributed by atoms with Gasteiger partial charge >= 0.3 is 5.97 Å². The molecule has 0 bridgehead atoms. The fourth-order valence-corrected chi connectivity index (χ4v) is 2.41. The minimum atomic E-state index is -1.08. The Hall–Kier alpha value is -3.35. The maximum Gasteiger partial charge on any atom is 0.335 e. The molecule has 2 rings (SSSR count). The number of carboxylic acid groups (broad SMARTS) is 1. The van der Waals surface area contributed by atoms with Gasteiger partial charge in [0, 0.05) is 17.7 Å². The van der Waals surface area contributed by atoms with Crippen molar-refractivity contribution in [2.24, 2.45) is 5.92 Å². The predicted octanol–water partition coefficient (Wildman–Crippen LogP) is 3.17. The van der Waals surface area contributed by atoms with Crippen molar-refractivity contribution >= 4 is 29.2 Å². The number of ether oxygens (including phenoxy) is 1. The number of aromatic carboxylic acids is 1. The van der Waals surface area contributed by atoms with Gasteiger partial charge in [-0.2, -0.15) is 0 Å². The summed E-state index contributed by atoms with van der Waals surface area (Å²) in [5.74, 6) is -1.35. The second-order valence-corrected chi connectivity index (χ2v) is 6.25. The highest BCUT2D eigenvalue weighted by molar-refractivity contribution is 5.97. The fraction of sp³-hybridized carbons (Fsp3) is 0.250. The topological polar surface area (TPSA) is 105 Å². The molecule has 7 heteroatoms. The van der Waals surface area contributed by atoms with E-state index in [-0.39, 0.29) is 29.7 Å². The van der Waals surface area contributed by atoms with E-state index in [1.54, 1.807) is 50.2 Å². The number of benzene rings is 2. The summed E-state index contributed by atoms with van der Waals surface area (Å²) in [6.07, 6.45) is -0.0728. The number of carbonyl (C=O) groups excluding carboxylic acids is 2. The van der Waals surface area contributed by atoms with E-state index in [1.165, 1.54) is 13.2 Å². The Bertz CT molecular complexity index is 861. The molecule has 0 saturated heterocycles. The van der Waals surface area contributed by atoms with E-state index in [2.05, 4.69) is 10.6 Å². The van der Waals surface area contributed by atoms with Crippen molar-refractivity contribution in [3.63, 3.8) is 0 Å². The maximum atomic E-state index is 12.3. The third-order valence-corrected chi connectivity index (χ3v) is 3.87. The normalized spacial score (nSPS) is 10.4. The molecule has 0 aromatic heterocycles. The van der Waals surface area contributed by atoms with Crippen LogP contribution in [-0.2, 0) is 16.0 Å². The second kappa shape index (κ2) is 8.84. The number of anilines is 2. The summed E-state index contributed by atoms with van der Waals surface area (Å²) in [6, 6.07) is 11.2. The van der Waals surface area contributed by atoms with Gasteiger partial charge in [0.15, 0.2) is 0 Å². The van der Waals surface area contributed by atoms with Crippen molar-refractivity contribution in [1.82, 2.24) is 0 Å². The molecule has 2 aromatic carbocycles. The number of nitrogens with one attached hydrogen (secondary N) is 2. The molecule has 0 aliphatic carbocycles. The fourth-order valence-electron chi connectivity index (χ4n) is 2.41. The van der Waals surface area contributed by atoms with Crippen LogP contribution >= 0.6 is 0 Å². The van der Waals surface area contributed by atoms with Crippen LogP contribution in [0, 0.1) is 5.92 Å². The van der Waals surface area contributed by atoms with E-state index in [9.17, 15) is 19.5 Å². The van der Waals surface area contributed by atoms with Gasteiger partial charge in [0.1, 0.15) is 5.75 Å². The number of carbonyl (C=O) groups is 3. The number of amides is 2. The number of carboxylic acids is 1. The monoisotopic (exact) mass is 370 g/mol. The Labute approximate surface area is 157 Å². The summed E-state index contributed by atoms with van der Waals surface area (Å²) in [4.78, 5) is 35.4. The highest BCUT2D eigenvalue weighted by Gasteiger charge is 2.14. The number of hydrogen-bond donors (Lipinski definition) is 3. The van der Waals surface area contributed by atoms with Gasteiger partial charge in [-0.25, -0.2) is 4.79 Å². The number of hydrogen-bond acceptors (Lipinski definition) is 4. The largest absolute Gasteiger partial charge is 0.494 e. The summed E-state index contributed by atoms with van der Waals surface area (Å²) in [5, 5.41) is 14.7. The molecular weight excluding hydrogens is 348 g/mol. The second-order valence-electron chi connectivity index (χ2n) is 6.25. The molecule has 142 valence electrons. The van der Waals surface area contributed by atoms with Crippen LogP contribution in [0.5, 0.6) is 5.75 Å². The Morgan fingerprint density at radius 2 is 1.78 bits per heavy atom. The van der Waals surface area contributed by atoms with Crippen molar-refractivity contribution in [1.29, 1.82) is 0 Å². The molecule has 2 amide bonds. The molecule has 27 heavy (non-hydrogen) atoms. The van der Waals surface area contributed by atoms with Crippen molar-refractivity contribution in [2.75, 3.05) is 17.7 Å². The Balaban J connectivity index is 2.12. The van der Waals surface area contributed by atoms with E-state index >= 15 is 0 Å². The highest BCUT2D eigenvalue weighted by Crippen LogP contribution is 2.28. The molecule has 0 unspecified atom stereocenters. The van der Waals surface area contributed by atoms with Crippen LogP contribution in [0.4, 0.5) is 11.4 Å². The van der Waals surface area contributed by atoms with Crippen LogP contribution < -0.4 is 15.4 Å². The molecule has 0 radical (unpaired) electrons. The summed E-state index contributed by atoms with van der Waals surface area (Å²) in [6.45, 7) is 3.57. The molecular formula is C20H22N2O5. The lowest BCUT2D eigenvalue weighted by Gasteiger charge is -2.14. The van der Waals surface area contributed by atoms with Gasteiger partial charge in [-0.1, -0.05) is 32.0 Å². The smallest absolute Gasteiger partial charge is 0.335 e. The molecule has 0 heterocycles. The Kier molecular flexibility index (Phi) is 6.54. The molecule has 3 N–H and O–H groups in total. The first-order valence-corrected chi connectivity index (χ1v) is 8.41. The first-order chi connectivity index (χ1) is 12.8. The van der Waals surface area contributed by atoms with E-state index in [4.69, 9.17) is 4.74 Å².